The summed E-state index contributed by atoms with van der Waals surface area (Å²) in [7, 11) is 2.17. The van der Waals surface area contributed by atoms with E-state index in [4.69, 9.17) is 4.98 Å². The molecule has 0 radical (unpaired) electrons. The number of fused-ring (bicyclic) bond motifs is 5. The van der Waals surface area contributed by atoms with E-state index in [9.17, 15) is 0 Å². The number of nitrogens with zero attached hydrogens (tertiary/aromatic N) is 5. The summed E-state index contributed by atoms with van der Waals surface area (Å²) >= 11 is 0. The van der Waals surface area contributed by atoms with Crippen molar-refractivity contribution in [3.8, 4) is 11.1 Å². The predicted octanol–water partition coefficient (Wildman–Crippen LogP) is 4.47. The van der Waals surface area contributed by atoms with E-state index in [0.29, 0.717) is 0 Å². The Labute approximate surface area is 180 Å². The van der Waals surface area contributed by atoms with Crippen LogP contribution in [0.4, 0.5) is 5.95 Å². The highest BCUT2D eigenvalue weighted by Gasteiger charge is 2.15. The third kappa shape index (κ3) is 3.20. The molecule has 1 saturated heterocycles. The maximum absolute atomic E-state index is 4.75. The molecule has 0 aliphatic carbocycles. The predicted molar refractivity (Wildman–Crippen MR) is 126 cm³/mol. The molecule has 31 heavy (non-hydrogen) atoms. The van der Waals surface area contributed by atoms with Crippen molar-refractivity contribution in [2.75, 3.05) is 38.1 Å². The van der Waals surface area contributed by atoms with Gasteiger partial charge >= 0.3 is 0 Å². The first-order valence-electron chi connectivity index (χ1n) is 10.8. The first-order valence-corrected chi connectivity index (χ1v) is 10.8. The van der Waals surface area contributed by atoms with E-state index in [1.54, 1.807) is 0 Å². The van der Waals surface area contributed by atoms with Crippen LogP contribution in [0.5, 0.6) is 0 Å². The molecule has 0 amide bonds. The highest BCUT2D eigenvalue weighted by molar-refractivity contribution is 6.15. The molecule has 0 bridgehead atoms. The SMILES string of the molecule is CN1CCCN(c2ncc(-c3ccc4c(c3)ncc3c5ccccc5[nH]c43)cn2)CC1. The normalized spacial score (nSPS) is 15.7. The van der Waals surface area contributed by atoms with Gasteiger partial charge in [-0.25, -0.2) is 9.97 Å². The highest BCUT2D eigenvalue weighted by atomic mass is 15.3. The van der Waals surface area contributed by atoms with E-state index >= 15 is 0 Å². The average molecular weight is 409 g/mol. The van der Waals surface area contributed by atoms with Crippen LogP contribution in [0.2, 0.25) is 0 Å². The van der Waals surface area contributed by atoms with Gasteiger partial charge in [-0.1, -0.05) is 30.3 Å². The molecule has 4 heterocycles. The Kier molecular flexibility index (Phi) is 4.32. The van der Waals surface area contributed by atoms with Gasteiger partial charge in [-0.3, -0.25) is 4.98 Å². The van der Waals surface area contributed by atoms with Gasteiger partial charge in [0.2, 0.25) is 5.95 Å². The Morgan fingerprint density at radius 1 is 0.774 bits per heavy atom. The first-order chi connectivity index (χ1) is 15.3. The number of aromatic nitrogens is 4. The van der Waals surface area contributed by atoms with Crippen molar-refractivity contribution in [3.05, 3.63) is 61.1 Å². The molecule has 3 aromatic heterocycles. The van der Waals surface area contributed by atoms with Gasteiger partial charge in [0, 0.05) is 65.5 Å². The van der Waals surface area contributed by atoms with Crippen molar-refractivity contribution >= 4 is 38.7 Å². The van der Waals surface area contributed by atoms with Crippen LogP contribution in [0.25, 0.3) is 43.8 Å². The third-order valence-electron chi connectivity index (χ3n) is 6.32. The van der Waals surface area contributed by atoms with E-state index in [2.05, 4.69) is 74.3 Å². The molecule has 6 nitrogen and oxygen atoms in total. The lowest BCUT2D eigenvalue weighted by Gasteiger charge is -2.20. The van der Waals surface area contributed by atoms with Gasteiger partial charge in [-0.05, 0) is 37.7 Å². The fourth-order valence-corrected chi connectivity index (χ4v) is 4.55. The lowest BCUT2D eigenvalue weighted by Crippen LogP contribution is -2.30. The van der Waals surface area contributed by atoms with Crippen LogP contribution in [-0.2, 0) is 0 Å². The molecule has 0 saturated carbocycles. The monoisotopic (exact) mass is 408 g/mol. The Hall–Kier alpha value is -3.51. The Morgan fingerprint density at radius 3 is 2.55 bits per heavy atom. The number of hydrogen-bond acceptors (Lipinski definition) is 5. The van der Waals surface area contributed by atoms with Crippen molar-refractivity contribution in [1.82, 2.24) is 24.8 Å². The molecule has 1 N–H and O–H groups in total. The fourth-order valence-electron chi connectivity index (χ4n) is 4.55. The number of para-hydroxylation sites is 1. The zero-order valence-corrected chi connectivity index (χ0v) is 17.5. The minimum absolute atomic E-state index is 0.817. The van der Waals surface area contributed by atoms with Gasteiger partial charge in [0.05, 0.1) is 11.0 Å². The second-order valence-electron chi connectivity index (χ2n) is 8.37. The topological polar surface area (TPSA) is 60.9 Å². The van der Waals surface area contributed by atoms with Crippen molar-refractivity contribution < 1.29 is 0 Å². The van der Waals surface area contributed by atoms with E-state index in [-0.39, 0.29) is 0 Å². The van der Waals surface area contributed by atoms with Crippen molar-refractivity contribution in [2.24, 2.45) is 0 Å². The quantitative estimate of drug-likeness (QED) is 0.467. The minimum Gasteiger partial charge on any atom is -0.354 e. The number of aromatic amines is 1. The van der Waals surface area contributed by atoms with Crippen molar-refractivity contribution in [1.29, 1.82) is 0 Å². The number of hydrogen-bond donors (Lipinski definition) is 1. The van der Waals surface area contributed by atoms with E-state index in [1.807, 2.05) is 18.6 Å². The average Bonchev–Trinajstić information content (AvgIpc) is 3.06. The third-order valence-corrected chi connectivity index (χ3v) is 6.32. The molecule has 1 aliphatic heterocycles. The van der Waals surface area contributed by atoms with Crippen LogP contribution in [0.1, 0.15) is 6.42 Å². The van der Waals surface area contributed by atoms with Crippen LogP contribution in [-0.4, -0.2) is 58.1 Å². The summed E-state index contributed by atoms with van der Waals surface area (Å²) in [4.78, 5) is 22.3. The molecule has 5 aromatic rings. The summed E-state index contributed by atoms with van der Waals surface area (Å²) in [5, 5.41) is 3.50. The number of anilines is 1. The van der Waals surface area contributed by atoms with Crippen LogP contribution in [0.15, 0.2) is 61.1 Å². The molecular formula is C25H24N6. The van der Waals surface area contributed by atoms with Crippen LogP contribution in [0.3, 0.4) is 0 Å². The zero-order chi connectivity index (χ0) is 20.8. The number of likely N-dealkylation sites (N-methyl/N-ethyl adjacent to an activating group) is 1. The molecule has 1 aliphatic rings. The summed E-state index contributed by atoms with van der Waals surface area (Å²) in [5.41, 5.74) is 5.33. The number of H-pyrrole nitrogens is 1. The molecule has 0 spiro atoms. The summed E-state index contributed by atoms with van der Waals surface area (Å²) in [6, 6.07) is 14.8. The van der Waals surface area contributed by atoms with Crippen molar-refractivity contribution in [3.63, 3.8) is 0 Å². The largest absolute Gasteiger partial charge is 0.354 e. The standard InChI is InChI=1S/C25H24N6/c1-30-9-4-10-31(12-11-30)25-27-14-18(15-28-25)17-7-8-20-23(13-17)26-16-21-19-5-2-3-6-22(19)29-24(20)21/h2-3,5-8,13-16,29H,4,9-12H2,1H3. The van der Waals surface area contributed by atoms with E-state index in [0.717, 1.165) is 77.0 Å². The second-order valence-corrected chi connectivity index (χ2v) is 8.37. The Morgan fingerprint density at radius 2 is 1.65 bits per heavy atom. The molecule has 6 heteroatoms. The highest BCUT2D eigenvalue weighted by Crippen LogP contribution is 2.31. The van der Waals surface area contributed by atoms with Crippen LogP contribution < -0.4 is 4.90 Å². The van der Waals surface area contributed by atoms with E-state index in [1.165, 1.54) is 5.39 Å². The van der Waals surface area contributed by atoms with E-state index < -0.39 is 0 Å². The Bertz CT molecular complexity index is 1390. The first kappa shape index (κ1) is 18.3. The minimum atomic E-state index is 0.817. The van der Waals surface area contributed by atoms with Gasteiger partial charge in [-0.2, -0.15) is 0 Å². The fraction of sp³-hybridized carbons (Fsp3) is 0.240. The molecule has 6 rings (SSSR count). The molecule has 0 unspecified atom stereocenters. The van der Waals surface area contributed by atoms with Crippen molar-refractivity contribution in [2.45, 2.75) is 6.42 Å². The summed E-state index contributed by atoms with van der Waals surface area (Å²) in [6.07, 6.45) is 6.97. The maximum Gasteiger partial charge on any atom is 0.225 e. The van der Waals surface area contributed by atoms with Gasteiger partial charge in [0.15, 0.2) is 0 Å². The molecular weight excluding hydrogens is 384 g/mol. The number of rotatable bonds is 2. The molecule has 2 aromatic carbocycles. The second kappa shape index (κ2) is 7.32. The van der Waals surface area contributed by atoms with Crippen LogP contribution >= 0.6 is 0 Å². The smallest absolute Gasteiger partial charge is 0.225 e. The summed E-state index contributed by atoms with van der Waals surface area (Å²) in [6.45, 7) is 4.15. The zero-order valence-electron chi connectivity index (χ0n) is 17.5. The number of nitrogens with one attached hydrogen (secondary N) is 1. The van der Waals surface area contributed by atoms with Gasteiger partial charge in [0.25, 0.3) is 0 Å². The summed E-state index contributed by atoms with van der Waals surface area (Å²) in [5.74, 6) is 0.817. The molecule has 154 valence electrons. The Balaban J connectivity index is 1.35. The van der Waals surface area contributed by atoms with Gasteiger partial charge in [-0.15, -0.1) is 0 Å². The number of pyridine rings is 1. The maximum atomic E-state index is 4.75. The number of benzene rings is 2. The van der Waals surface area contributed by atoms with Gasteiger partial charge < -0.3 is 14.8 Å². The van der Waals surface area contributed by atoms with Gasteiger partial charge in [0.1, 0.15) is 0 Å². The molecule has 1 fully saturated rings. The van der Waals surface area contributed by atoms with Crippen LogP contribution in [0, 0.1) is 0 Å². The lowest BCUT2D eigenvalue weighted by atomic mass is 10.0. The summed E-state index contributed by atoms with van der Waals surface area (Å²) < 4.78 is 0. The lowest BCUT2D eigenvalue weighted by molar-refractivity contribution is 0.360. The molecule has 0 atom stereocenters.